The van der Waals surface area contributed by atoms with Gasteiger partial charge < -0.3 is 37.5 Å². The first kappa shape index (κ1) is 28.0. The van der Waals surface area contributed by atoms with Crippen LogP contribution in [-0.4, -0.2) is 69.5 Å². The van der Waals surface area contributed by atoms with E-state index in [1.807, 2.05) is 13.8 Å². The molecule has 1 heterocycles. The van der Waals surface area contributed by atoms with Crippen LogP contribution in [0.15, 0.2) is 12.5 Å². The number of nitrogens with zero attached hydrogens (tertiary/aromatic N) is 1. The highest BCUT2D eigenvalue weighted by Crippen LogP contribution is 2.06. The van der Waals surface area contributed by atoms with Crippen LogP contribution in [0, 0.1) is 5.92 Å². The Kier molecular flexibility index (Phi) is 12.1. The second-order valence-electron chi connectivity index (χ2n) is 8.49. The second kappa shape index (κ2) is 14.2. The van der Waals surface area contributed by atoms with Crippen LogP contribution in [0.5, 0.6) is 0 Å². The number of hydrogen-bond donors (Lipinski definition) is 7. The topological polar surface area (TPSA) is 205 Å². The predicted molar refractivity (Wildman–Crippen MR) is 122 cm³/mol. The highest BCUT2D eigenvalue weighted by molar-refractivity contribution is 5.93. The summed E-state index contributed by atoms with van der Waals surface area (Å²) in [7, 11) is 0. The third kappa shape index (κ3) is 10.4. The largest absolute Gasteiger partial charge is 0.480 e. The molecule has 0 fully saturated rings. The molecule has 4 unspecified atom stereocenters. The Morgan fingerprint density at radius 1 is 1.03 bits per heavy atom. The number of unbranched alkanes of at least 4 members (excludes halogenated alkanes) is 1. The number of H-pyrrole nitrogens is 1. The number of carboxylic acid groups (broad SMARTS) is 1. The number of nitrogens with one attached hydrogen (secondary N) is 4. The monoisotopic (exact) mass is 467 g/mol. The highest BCUT2D eigenvalue weighted by Gasteiger charge is 2.28. The van der Waals surface area contributed by atoms with Gasteiger partial charge in [-0.3, -0.25) is 14.4 Å². The summed E-state index contributed by atoms with van der Waals surface area (Å²) >= 11 is 0. The van der Waals surface area contributed by atoms with E-state index in [4.69, 9.17) is 11.5 Å². The van der Waals surface area contributed by atoms with Crippen LogP contribution in [0.25, 0.3) is 0 Å². The lowest BCUT2D eigenvalue weighted by atomic mass is 10.0. The zero-order chi connectivity index (χ0) is 25.0. The van der Waals surface area contributed by atoms with Gasteiger partial charge >= 0.3 is 5.97 Å². The fourth-order valence-electron chi connectivity index (χ4n) is 3.14. The molecule has 0 saturated carbocycles. The summed E-state index contributed by atoms with van der Waals surface area (Å²) in [5.74, 6) is -2.79. The molecule has 4 atom stereocenters. The number of aromatic amines is 1. The van der Waals surface area contributed by atoms with E-state index in [2.05, 4.69) is 25.9 Å². The van der Waals surface area contributed by atoms with Crippen molar-refractivity contribution in [3.63, 3.8) is 0 Å². The van der Waals surface area contributed by atoms with Crippen molar-refractivity contribution in [1.29, 1.82) is 0 Å². The van der Waals surface area contributed by atoms with E-state index in [0.29, 0.717) is 31.5 Å². The minimum atomic E-state index is -1.14. The molecule has 1 rings (SSSR count). The molecule has 0 aliphatic heterocycles. The van der Waals surface area contributed by atoms with Gasteiger partial charge in [-0.15, -0.1) is 0 Å². The van der Waals surface area contributed by atoms with E-state index < -0.39 is 47.9 Å². The van der Waals surface area contributed by atoms with Gasteiger partial charge in [-0.2, -0.15) is 0 Å². The van der Waals surface area contributed by atoms with Gasteiger partial charge in [0.25, 0.3) is 0 Å². The van der Waals surface area contributed by atoms with Gasteiger partial charge in [0.05, 0.1) is 12.4 Å². The number of carbonyl (C=O) groups excluding carboxylic acids is 3. The number of carboxylic acids is 1. The number of amides is 3. The molecule has 0 aliphatic carbocycles. The van der Waals surface area contributed by atoms with Gasteiger partial charge in [-0.25, -0.2) is 9.78 Å². The Morgan fingerprint density at radius 3 is 2.24 bits per heavy atom. The first-order valence-electron chi connectivity index (χ1n) is 11.1. The number of aliphatic carboxylic acids is 1. The van der Waals surface area contributed by atoms with E-state index >= 15 is 0 Å². The minimum Gasteiger partial charge on any atom is -0.480 e. The minimum absolute atomic E-state index is 0.0596. The molecule has 1 aromatic heterocycles. The zero-order valence-corrected chi connectivity index (χ0v) is 19.5. The van der Waals surface area contributed by atoms with Crippen LogP contribution in [0.4, 0.5) is 0 Å². The lowest BCUT2D eigenvalue weighted by molar-refractivity contribution is -0.142. The van der Waals surface area contributed by atoms with Crippen LogP contribution >= 0.6 is 0 Å². The number of imidazole rings is 1. The fraction of sp³-hybridized carbons (Fsp3) is 0.667. The average molecular weight is 468 g/mol. The Balaban J connectivity index is 2.74. The van der Waals surface area contributed by atoms with Crippen LogP contribution in [0.1, 0.15) is 52.1 Å². The lowest BCUT2D eigenvalue weighted by Gasteiger charge is -2.24. The Bertz CT molecular complexity index is 769. The normalized spacial score (nSPS) is 14.7. The summed E-state index contributed by atoms with van der Waals surface area (Å²) in [6, 6.07) is -3.88. The summed E-state index contributed by atoms with van der Waals surface area (Å²) in [5, 5.41) is 16.9. The fourth-order valence-corrected chi connectivity index (χ4v) is 3.14. The molecule has 0 aromatic carbocycles. The van der Waals surface area contributed by atoms with E-state index in [9.17, 15) is 24.3 Å². The van der Waals surface area contributed by atoms with Crippen molar-refractivity contribution < 1.29 is 24.3 Å². The molecule has 186 valence electrons. The zero-order valence-electron chi connectivity index (χ0n) is 19.5. The van der Waals surface area contributed by atoms with E-state index in [1.165, 1.54) is 13.3 Å². The molecule has 3 amide bonds. The number of nitrogens with two attached hydrogens (primary N) is 2. The SMILES string of the molecule is CC(C)CC(NC(=O)C(C)NC(=O)C(CCCCN)NC(=O)C(N)Cc1cnc[nH]1)C(=O)O. The summed E-state index contributed by atoms with van der Waals surface area (Å²) in [6.45, 7) is 5.58. The summed E-state index contributed by atoms with van der Waals surface area (Å²) < 4.78 is 0. The van der Waals surface area contributed by atoms with Crippen molar-refractivity contribution in [2.75, 3.05) is 6.54 Å². The van der Waals surface area contributed by atoms with Gasteiger partial charge in [-0.1, -0.05) is 13.8 Å². The first-order chi connectivity index (χ1) is 15.5. The first-order valence-corrected chi connectivity index (χ1v) is 11.1. The maximum atomic E-state index is 12.8. The summed E-state index contributed by atoms with van der Waals surface area (Å²) in [5.41, 5.74) is 12.2. The predicted octanol–water partition coefficient (Wildman–Crippen LogP) is -0.986. The van der Waals surface area contributed by atoms with Crippen molar-refractivity contribution in [3.8, 4) is 0 Å². The van der Waals surface area contributed by atoms with Crippen LogP contribution in [0.3, 0.4) is 0 Å². The van der Waals surface area contributed by atoms with Gasteiger partial charge in [0.1, 0.15) is 18.1 Å². The van der Waals surface area contributed by atoms with Gasteiger partial charge in [-0.05, 0) is 45.1 Å². The lowest BCUT2D eigenvalue weighted by Crippen LogP contribution is -2.56. The maximum absolute atomic E-state index is 12.8. The number of hydrogen-bond acceptors (Lipinski definition) is 7. The van der Waals surface area contributed by atoms with Crippen molar-refractivity contribution in [2.45, 2.75) is 77.0 Å². The molecule has 12 heteroatoms. The highest BCUT2D eigenvalue weighted by atomic mass is 16.4. The van der Waals surface area contributed by atoms with Gasteiger partial charge in [0.2, 0.25) is 17.7 Å². The molecule has 0 radical (unpaired) electrons. The summed E-state index contributed by atoms with van der Waals surface area (Å²) in [6.07, 6.45) is 5.06. The van der Waals surface area contributed by atoms with E-state index in [1.54, 1.807) is 6.20 Å². The molecule has 33 heavy (non-hydrogen) atoms. The second-order valence-corrected chi connectivity index (χ2v) is 8.49. The number of rotatable bonds is 15. The van der Waals surface area contributed by atoms with Crippen LogP contribution < -0.4 is 27.4 Å². The smallest absolute Gasteiger partial charge is 0.326 e. The molecule has 0 bridgehead atoms. The maximum Gasteiger partial charge on any atom is 0.326 e. The third-order valence-corrected chi connectivity index (χ3v) is 4.99. The molecule has 0 aliphatic rings. The van der Waals surface area contributed by atoms with Crippen molar-refractivity contribution in [2.24, 2.45) is 17.4 Å². The van der Waals surface area contributed by atoms with Crippen molar-refractivity contribution in [1.82, 2.24) is 25.9 Å². The van der Waals surface area contributed by atoms with Gasteiger partial charge in [0.15, 0.2) is 0 Å². The van der Waals surface area contributed by atoms with E-state index in [-0.39, 0.29) is 18.8 Å². The van der Waals surface area contributed by atoms with E-state index in [0.717, 1.165) is 0 Å². The van der Waals surface area contributed by atoms with Crippen molar-refractivity contribution in [3.05, 3.63) is 18.2 Å². The summed E-state index contributed by atoms with van der Waals surface area (Å²) in [4.78, 5) is 55.9. The standard InChI is InChI=1S/C21H37N7O5/c1-12(2)8-17(21(32)33)28-18(29)13(3)26-20(31)16(6-4-5-7-22)27-19(30)15(23)9-14-10-24-11-25-14/h10-13,15-17H,4-9,22-23H2,1-3H3,(H,24,25)(H,26,31)(H,27,30)(H,28,29)(H,32,33). The Labute approximate surface area is 193 Å². The van der Waals surface area contributed by atoms with Crippen LogP contribution in [0.2, 0.25) is 0 Å². The molecular weight excluding hydrogens is 430 g/mol. The quantitative estimate of drug-likeness (QED) is 0.159. The molecule has 1 aromatic rings. The van der Waals surface area contributed by atoms with Crippen molar-refractivity contribution >= 4 is 23.7 Å². The number of carbonyl (C=O) groups is 4. The third-order valence-electron chi connectivity index (χ3n) is 4.99. The average Bonchev–Trinajstić information content (AvgIpc) is 3.24. The molecule has 0 spiro atoms. The van der Waals surface area contributed by atoms with Gasteiger partial charge in [0, 0.05) is 18.3 Å². The molecule has 12 nitrogen and oxygen atoms in total. The molecular formula is C21H37N7O5. The number of aromatic nitrogens is 2. The Morgan fingerprint density at radius 2 is 1.70 bits per heavy atom. The van der Waals surface area contributed by atoms with Crippen LogP contribution in [-0.2, 0) is 25.6 Å². The molecule has 0 saturated heterocycles. The molecule has 9 N–H and O–H groups in total. The Hall–Kier alpha value is -2.99.